The van der Waals surface area contributed by atoms with Crippen LogP contribution in [0.3, 0.4) is 0 Å². The van der Waals surface area contributed by atoms with Crippen LogP contribution in [-0.4, -0.2) is 18.6 Å². The lowest BCUT2D eigenvalue weighted by molar-refractivity contribution is 0.301. The Morgan fingerprint density at radius 2 is 1.95 bits per heavy atom. The second-order valence-corrected chi connectivity index (χ2v) is 4.79. The van der Waals surface area contributed by atoms with Crippen molar-refractivity contribution in [2.45, 2.75) is 26.5 Å². The molecular formula is C17H22N2O2. The van der Waals surface area contributed by atoms with Crippen LogP contribution in [0.25, 0.3) is 0 Å². The third kappa shape index (κ3) is 4.76. The van der Waals surface area contributed by atoms with Crippen molar-refractivity contribution in [3.05, 3.63) is 53.9 Å². The van der Waals surface area contributed by atoms with Gasteiger partial charge in [-0.25, -0.2) is 0 Å². The molecular weight excluding hydrogens is 264 g/mol. The number of methoxy groups -OCH3 is 1. The van der Waals surface area contributed by atoms with Crippen LogP contribution < -0.4 is 14.8 Å². The van der Waals surface area contributed by atoms with Gasteiger partial charge in [-0.1, -0.05) is 6.92 Å². The van der Waals surface area contributed by atoms with E-state index in [-0.39, 0.29) is 0 Å². The van der Waals surface area contributed by atoms with Crippen LogP contribution in [0.15, 0.2) is 42.7 Å². The van der Waals surface area contributed by atoms with Crippen molar-refractivity contribution in [3.63, 3.8) is 0 Å². The summed E-state index contributed by atoms with van der Waals surface area (Å²) < 4.78 is 11.2. The van der Waals surface area contributed by atoms with E-state index in [0.717, 1.165) is 42.1 Å². The van der Waals surface area contributed by atoms with Crippen LogP contribution in [0, 0.1) is 0 Å². The zero-order chi connectivity index (χ0) is 14.9. The summed E-state index contributed by atoms with van der Waals surface area (Å²) in [6.07, 6.45) is 4.66. The minimum Gasteiger partial charge on any atom is -0.497 e. The van der Waals surface area contributed by atoms with Crippen molar-refractivity contribution in [3.8, 4) is 11.5 Å². The Morgan fingerprint density at radius 1 is 1.14 bits per heavy atom. The minimum absolute atomic E-state index is 0.537. The molecule has 0 radical (unpaired) electrons. The molecule has 0 fully saturated rings. The Balaban J connectivity index is 2.05. The number of hydrogen-bond donors (Lipinski definition) is 1. The molecule has 112 valence electrons. The Kier molecular flexibility index (Phi) is 6.03. The average molecular weight is 286 g/mol. The van der Waals surface area contributed by atoms with Crippen LogP contribution in [0.1, 0.15) is 24.5 Å². The molecule has 4 heteroatoms. The van der Waals surface area contributed by atoms with Crippen molar-refractivity contribution in [2.75, 3.05) is 13.7 Å². The zero-order valence-electron chi connectivity index (χ0n) is 12.6. The van der Waals surface area contributed by atoms with Gasteiger partial charge in [-0.2, -0.15) is 0 Å². The molecule has 0 aliphatic rings. The third-order valence-electron chi connectivity index (χ3n) is 3.15. The number of hydrogen-bond acceptors (Lipinski definition) is 4. The highest BCUT2D eigenvalue weighted by atomic mass is 16.5. The van der Waals surface area contributed by atoms with Crippen molar-refractivity contribution >= 4 is 0 Å². The van der Waals surface area contributed by atoms with Gasteiger partial charge >= 0.3 is 0 Å². The number of pyridine rings is 1. The third-order valence-corrected chi connectivity index (χ3v) is 3.15. The van der Waals surface area contributed by atoms with Gasteiger partial charge in [0.2, 0.25) is 0 Å². The topological polar surface area (TPSA) is 43.4 Å². The van der Waals surface area contributed by atoms with Gasteiger partial charge in [0.25, 0.3) is 0 Å². The molecule has 0 unspecified atom stereocenters. The summed E-state index contributed by atoms with van der Waals surface area (Å²) in [6, 6.07) is 9.82. The van der Waals surface area contributed by atoms with Gasteiger partial charge in [0.05, 0.1) is 7.11 Å². The van der Waals surface area contributed by atoms with Gasteiger partial charge in [-0.3, -0.25) is 4.98 Å². The van der Waals surface area contributed by atoms with Gasteiger partial charge in [-0.05, 0) is 48.9 Å². The zero-order valence-corrected chi connectivity index (χ0v) is 12.6. The first kappa shape index (κ1) is 15.3. The lowest BCUT2D eigenvalue weighted by Crippen LogP contribution is -2.14. The average Bonchev–Trinajstić information content (AvgIpc) is 2.54. The van der Waals surface area contributed by atoms with Crippen LogP contribution in [-0.2, 0) is 13.2 Å². The molecule has 1 heterocycles. The first-order valence-corrected chi connectivity index (χ1v) is 7.22. The molecule has 0 spiro atoms. The predicted octanol–water partition coefficient (Wildman–Crippen LogP) is 3.17. The van der Waals surface area contributed by atoms with Crippen LogP contribution in [0.2, 0.25) is 0 Å². The van der Waals surface area contributed by atoms with Crippen molar-refractivity contribution in [2.24, 2.45) is 0 Å². The lowest BCUT2D eigenvalue weighted by atomic mass is 10.2. The van der Waals surface area contributed by atoms with E-state index in [4.69, 9.17) is 9.47 Å². The molecule has 2 aromatic rings. The molecule has 1 aromatic heterocycles. The fraction of sp³-hybridized carbons (Fsp3) is 0.353. The van der Waals surface area contributed by atoms with Crippen molar-refractivity contribution < 1.29 is 9.47 Å². The maximum absolute atomic E-state index is 5.93. The summed E-state index contributed by atoms with van der Waals surface area (Å²) >= 11 is 0. The van der Waals surface area contributed by atoms with E-state index < -0.39 is 0 Å². The van der Waals surface area contributed by atoms with Gasteiger partial charge < -0.3 is 14.8 Å². The summed E-state index contributed by atoms with van der Waals surface area (Å²) in [5.74, 6) is 1.73. The highest BCUT2D eigenvalue weighted by Gasteiger charge is 2.06. The summed E-state index contributed by atoms with van der Waals surface area (Å²) in [5.41, 5.74) is 2.21. The summed E-state index contributed by atoms with van der Waals surface area (Å²) in [6.45, 7) is 4.45. The van der Waals surface area contributed by atoms with Crippen molar-refractivity contribution in [1.29, 1.82) is 0 Å². The van der Waals surface area contributed by atoms with E-state index in [2.05, 4.69) is 17.2 Å². The van der Waals surface area contributed by atoms with Crippen LogP contribution in [0.4, 0.5) is 0 Å². The quantitative estimate of drug-likeness (QED) is 0.757. The molecule has 2 rings (SSSR count). The molecule has 0 aliphatic heterocycles. The number of rotatable bonds is 8. The van der Waals surface area contributed by atoms with E-state index in [1.807, 2.05) is 30.3 Å². The predicted molar refractivity (Wildman–Crippen MR) is 83.6 cm³/mol. The standard InChI is InChI=1S/C17H22N2O2/c1-3-8-19-12-15-11-16(20-2)4-5-17(15)21-13-14-6-9-18-10-7-14/h4-7,9-11,19H,3,8,12-13H2,1-2H3. The van der Waals surface area contributed by atoms with Gasteiger partial charge in [-0.15, -0.1) is 0 Å². The molecule has 0 atom stereocenters. The van der Waals surface area contributed by atoms with Crippen molar-refractivity contribution in [1.82, 2.24) is 10.3 Å². The summed E-state index contributed by atoms with van der Waals surface area (Å²) in [4.78, 5) is 4.01. The van der Waals surface area contributed by atoms with E-state index in [9.17, 15) is 0 Å². The molecule has 0 saturated heterocycles. The highest BCUT2D eigenvalue weighted by Crippen LogP contribution is 2.25. The maximum Gasteiger partial charge on any atom is 0.124 e. The Morgan fingerprint density at radius 3 is 2.67 bits per heavy atom. The number of ether oxygens (including phenoxy) is 2. The smallest absolute Gasteiger partial charge is 0.124 e. The number of aromatic nitrogens is 1. The largest absolute Gasteiger partial charge is 0.497 e. The lowest BCUT2D eigenvalue weighted by Gasteiger charge is -2.13. The monoisotopic (exact) mass is 286 g/mol. The van der Waals surface area contributed by atoms with E-state index in [1.165, 1.54) is 0 Å². The summed E-state index contributed by atoms with van der Waals surface area (Å²) in [5, 5.41) is 3.40. The molecule has 21 heavy (non-hydrogen) atoms. The molecule has 0 aliphatic carbocycles. The second kappa shape index (κ2) is 8.27. The first-order valence-electron chi connectivity index (χ1n) is 7.22. The van der Waals surface area contributed by atoms with Gasteiger partial charge in [0, 0.05) is 24.5 Å². The molecule has 1 N–H and O–H groups in total. The highest BCUT2D eigenvalue weighted by molar-refractivity contribution is 5.40. The normalized spacial score (nSPS) is 10.4. The fourth-order valence-electron chi connectivity index (χ4n) is 2.00. The number of nitrogens with one attached hydrogen (secondary N) is 1. The van der Waals surface area contributed by atoms with Gasteiger partial charge in [0.15, 0.2) is 0 Å². The SMILES string of the molecule is CCCNCc1cc(OC)ccc1OCc1ccncc1. The second-order valence-electron chi connectivity index (χ2n) is 4.79. The van der Waals surface area contributed by atoms with E-state index in [0.29, 0.717) is 6.61 Å². The van der Waals surface area contributed by atoms with Gasteiger partial charge in [0.1, 0.15) is 18.1 Å². The molecule has 1 aromatic carbocycles. The Labute approximate surface area is 126 Å². The molecule has 0 saturated carbocycles. The van der Waals surface area contributed by atoms with E-state index in [1.54, 1.807) is 19.5 Å². The number of benzene rings is 1. The summed E-state index contributed by atoms with van der Waals surface area (Å²) in [7, 11) is 1.68. The van der Waals surface area contributed by atoms with E-state index >= 15 is 0 Å². The minimum atomic E-state index is 0.537. The molecule has 4 nitrogen and oxygen atoms in total. The van der Waals surface area contributed by atoms with Crippen LogP contribution >= 0.6 is 0 Å². The fourth-order valence-corrected chi connectivity index (χ4v) is 2.00. The first-order chi connectivity index (χ1) is 10.3. The maximum atomic E-state index is 5.93. The Hall–Kier alpha value is -2.07. The number of nitrogens with zero attached hydrogens (tertiary/aromatic N) is 1. The molecule has 0 amide bonds. The Bertz CT molecular complexity index is 544. The van der Waals surface area contributed by atoms with Crippen LogP contribution in [0.5, 0.6) is 11.5 Å². The molecule has 0 bridgehead atoms.